The maximum Gasteiger partial charge on any atom is 0.331 e. The Bertz CT molecular complexity index is 627. The molecule has 2 aliphatic rings. The number of barbiturate groups is 1. The van der Waals surface area contributed by atoms with E-state index in [1.165, 1.54) is 4.90 Å². The molecule has 1 heterocycles. The van der Waals surface area contributed by atoms with Crippen LogP contribution in [0.3, 0.4) is 0 Å². The quantitative estimate of drug-likeness (QED) is 0.851. The summed E-state index contributed by atoms with van der Waals surface area (Å²) in [5.74, 6) is -1.58. The summed E-state index contributed by atoms with van der Waals surface area (Å²) in [6.07, 6.45) is 2.04. The van der Waals surface area contributed by atoms with Crippen LogP contribution >= 0.6 is 15.9 Å². The Hall–Kier alpha value is -1.69. The maximum atomic E-state index is 12.7. The van der Waals surface area contributed by atoms with Crippen molar-refractivity contribution in [3.63, 3.8) is 0 Å². The second kappa shape index (κ2) is 5.26. The van der Waals surface area contributed by atoms with E-state index in [0.29, 0.717) is 11.5 Å². The first-order chi connectivity index (χ1) is 9.99. The lowest BCUT2D eigenvalue weighted by Gasteiger charge is -2.34. The largest absolute Gasteiger partial charge is 0.331 e. The van der Waals surface area contributed by atoms with Crippen LogP contribution in [0.25, 0.3) is 0 Å². The summed E-state index contributed by atoms with van der Waals surface area (Å²) in [6, 6.07) is 6.28. The molecule has 110 valence electrons. The maximum absolute atomic E-state index is 12.7. The van der Waals surface area contributed by atoms with E-state index in [0.717, 1.165) is 17.3 Å². The number of halogens is 1. The predicted molar refractivity (Wildman–Crippen MR) is 79.5 cm³/mol. The normalized spacial score (nSPS) is 24.0. The van der Waals surface area contributed by atoms with E-state index in [-0.39, 0.29) is 6.04 Å². The van der Waals surface area contributed by atoms with Crippen LogP contribution in [0.4, 0.5) is 4.79 Å². The number of hydrogen-bond acceptors (Lipinski definition) is 3. The number of carbonyl (C=O) groups is 3. The first kappa shape index (κ1) is 14.3. The van der Waals surface area contributed by atoms with Crippen molar-refractivity contribution < 1.29 is 14.4 Å². The van der Waals surface area contributed by atoms with E-state index in [1.54, 1.807) is 18.2 Å². The van der Waals surface area contributed by atoms with Crippen LogP contribution < -0.4 is 5.32 Å². The monoisotopic (exact) mass is 350 g/mol. The van der Waals surface area contributed by atoms with Gasteiger partial charge in [0.05, 0.1) is 0 Å². The average molecular weight is 351 g/mol. The molecule has 2 unspecified atom stereocenters. The lowest BCUT2D eigenvalue weighted by atomic mass is 9.94. The molecule has 1 saturated heterocycles. The molecule has 5 nitrogen and oxygen atoms in total. The molecule has 1 aliphatic heterocycles. The van der Waals surface area contributed by atoms with E-state index in [2.05, 4.69) is 21.2 Å². The molecule has 6 heteroatoms. The number of urea groups is 1. The van der Waals surface area contributed by atoms with Gasteiger partial charge in [-0.2, -0.15) is 0 Å². The Morgan fingerprint density at radius 3 is 2.62 bits per heavy atom. The van der Waals surface area contributed by atoms with Gasteiger partial charge >= 0.3 is 6.03 Å². The molecule has 2 fully saturated rings. The molecule has 1 N–H and O–H groups in total. The average Bonchev–Trinajstić information content (AvgIpc) is 3.22. The molecule has 0 radical (unpaired) electrons. The van der Waals surface area contributed by atoms with Crippen molar-refractivity contribution in [1.29, 1.82) is 0 Å². The Morgan fingerprint density at radius 1 is 1.29 bits per heavy atom. The highest BCUT2D eigenvalue weighted by atomic mass is 79.9. The van der Waals surface area contributed by atoms with Crippen LogP contribution in [0, 0.1) is 5.92 Å². The number of hydrogen-bond donors (Lipinski definition) is 1. The van der Waals surface area contributed by atoms with E-state index in [9.17, 15) is 14.4 Å². The van der Waals surface area contributed by atoms with Crippen LogP contribution in [0.1, 0.15) is 31.2 Å². The first-order valence-corrected chi connectivity index (χ1v) is 7.71. The number of nitrogens with one attached hydrogen (secondary N) is 1. The summed E-state index contributed by atoms with van der Waals surface area (Å²) in [5, 5.41) is 2.30. The molecule has 21 heavy (non-hydrogen) atoms. The molecule has 1 saturated carbocycles. The van der Waals surface area contributed by atoms with Gasteiger partial charge in [-0.25, -0.2) is 4.79 Å². The van der Waals surface area contributed by atoms with Gasteiger partial charge in [0.15, 0.2) is 0 Å². The van der Waals surface area contributed by atoms with Crippen molar-refractivity contribution in [2.24, 2.45) is 5.92 Å². The molecular formula is C15H15BrN2O3. The van der Waals surface area contributed by atoms with Crippen LogP contribution in [-0.4, -0.2) is 28.8 Å². The number of nitrogens with zero attached hydrogens (tertiary/aromatic N) is 1. The highest BCUT2D eigenvalue weighted by Gasteiger charge is 2.46. The molecule has 1 aliphatic carbocycles. The SMILES string of the molecule is CC(C1CC1)N1C(=O)NC(=O)C(c2cccc(Br)c2)C1=O. The van der Waals surface area contributed by atoms with Gasteiger partial charge in [-0.05, 0) is 43.4 Å². The molecule has 2 atom stereocenters. The number of imide groups is 2. The van der Waals surface area contributed by atoms with Crippen molar-refractivity contribution in [2.75, 3.05) is 0 Å². The summed E-state index contributed by atoms with van der Waals surface area (Å²) < 4.78 is 0.791. The highest BCUT2D eigenvalue weighted by molar-refractivity contribution is 9.10. The minimum absolute atomic E-state index is 0.166. The molecular weight excluding hydrogens is 336 g/mol. The zero-order chi connectivity index (χ0) is 15.1. The minimum atomic E-state index is -0.957. The van der Waals surface area contributed by atoms with Crippen molar-refractivity contribution >= 4 is 33.8 Å². The minimum Gasteiger partial charge on any atom is -0.277 e. The molecule has 0 spiro atoms. The van der Waals surface area contributed by atoms with E-state index >= 15 is 0 Å². The molecule has 3 rings (SSSR count). The summed E-state index contributed by atoms with van der Waals surface area (Å²) in [7, 11) is 0. The fourth-order valence-corrected chi connectivity index (χ4v) is 3.16. The second-order valence-corrected chi connectivity index (χ2v) is 6.48. The second-order valence-electron chi connectivity index (χ2n) is 5.57. The first-order valence-electron chi connectivity index (χ1n) is 6.92. The van der Waals surface area contributed by atoms with Crippen LogP contribution in [-0.2, 0) is 9.59 Å². The summed E-state index contributed by atoms with van der Waals surface area (Å²) in [6.45, 7) is 1.86. The molecule has 1 aromatic rings. The fourth-order valence-electron chi connectivity index (χ4n) is 2.74. The van der Waals surface area contributed by atoms with Crippen LogP contribution in [0.2, 0.25) is 0 Å². The smallest absolute Gasteiger partial charge is 0.277 e. The summed E-state index contributed by atoms with van der Waals surface area (Å²) in [5.41, 5.74) is 0.590. The number of benzene rings is 1. The van der Waals surface area contributed by atoms with E-state index in [1.807, 2.05) is 13.0 Å². The zero-order valence-electron chi connectivity index (χ0n) is 11.5. The Balaban J connectivity index is 1.94. The van der Waals surface area contributed by atoms with Gasteiger partial charge in [0, 0.05) is 10.5 Å². The summed E-state index contributed by atoms with van der Waals surface area (Å²) >= 11 is 3.33. The third kappa shape index (κ3) is 2.60. The van der Waals surface area contributed by atoms with Crippen molar-refractivity contribution in [3.05, 3.63) is 34.3 Å². The molecule has 0 bridgehead atoms. The lowest BCUT2D eigenvalue weighted by molar-refractivity contribution is -0.140. The van der Waals surface area contributed by atoms with Crippen molar-refractivity contribution in [3.8, 4) is 0 Å². The van der Waals surface area contributed by atoms with Crippen molar-refractivity contribution in [2.45, 2.75) is 31.7 Å². The Labute approximate surface area is 130 Å². The topological polar surface area (TPSA) is 66.5 Å². The fraction of sp³-hybridized carbons (Fsp3) is 0.400. The van der Waals surface area contributed by atoms with Gasteiger partial charge in [0.1, 0.15) is 5.92 Å². The Morgan fingerprint density at radius 2 is 2.00 bits per heavy atom. The predicted octanol–water partition coefficient (Wildman–Crippen LogP) is 2.41. The third-order valence-corrected chi connectivity index (χ3v) is 4.58. The van der Waals surface area contributed by atoms with Gasteiger partial charge in [-0.3, -0.25) is 19.8 Å². The van der Waals surface area contributed by atoms with Crippen LogP contribution in [0.15, 0.2) is 28.7 Å². The molecule has 1 aromatic carbocycles. The Kier molecular flexibility index (Phi) is 3.57. The van der Waals surface area contributed by atoms with Gasteiger partial charge < -0.3 is 0 Å². The molecule has 4 amide bonds. The number of rotatable bonds is 3. The highest BCUT2D eigenvalue weighted by Crippen LogP contribution is 2.37. The van der Waals surface area contributed by atoms with Crippen LogP contribution in [0.5, 0.6) is 0 Å². The van der Waals surface area contributed by atoms with Crippen molar-refractivity contribution in [1.82, 2.24) is 10.2 Å². The van der Waals surface area contributed by atoms with Gasteiger partial charge in [-0.1, -0.05) is 28.1 Å². The molecule has 0 aromatic heterocycles. The van der Waals surface area contributed by atoms with Gasteiger partial charge in [-0.15, -0.1) is 0 Å². The standard InChI is InChI=1S/C15H15BrN2O3/c1-8(9-5-6-9)18-14(20)12(13(19)17-15(18)21)10-3-2-4-11(16)7-10/h2-4,7-9,12H,5-6H2,1H3,(H,17,19,21). The lowest BCUT2D eigenvalue weighted by Crippen LogP contribution is -2.59. The van der Waals surface area contributed by atoms with Gasteiger partial charge in [0.2, 0.25) is 11.8 Å². The third-order valence-electron chi connectivity index (χ3n) is 4.09. The summed E-state index contributed by atoms with van der Waals surface area (Å²) in [4.78, 5) is 38.0. The zero-order valence-corrected chi connectivity index (χ0v) is 13.1. The number of amides is 4. The number of carbonyl (C=O) groups excluding carboxylic acids is 3. The van der Waals surface area contributed by atoms with E-state index in [4.69, 9.17) is 0 Å². The van der Waals surface area contributed by atoms with Gasteiger partial charge in [0.25, 0.3) is 0 Å². The van der Waals surface area contributed by atoms with E-state index < -0.39 is 23.8 Å².